The molecule has 0 unspecified atom stereocenters. The number of aromatic nitrogens is 2. The van der Waals surface area contributed by atoms with Crippen LogP contribution in [0.3, 0.4) is 0 Å². The molecule has 1 aromatic carbocycles. The first-order chi connectivity index (χ1) is 11.4. The van der Waals surface area contributed by atoms with Crippen LogP contribution in [0, 0.1) is 11.6 Å². The predicted octanol–water partition coefficient (Wildman–Crippen LogP) is 2.70. The topological polar surface area (TPSA) is 95.1 Å². The zero-order valence-electron chi connectivity index (χ0n) is 11.8. The van der Waals surface area contributed by atoms with E-state index in [0.717, 1.165) is 47.4 Å². The van der Waals surface area contributed by atoms with Gasteiger partial charge in [-0.15, -0.1) is 11.3 Å². The van der Waals surface area contributed by atoms with E-state index in [2.05, 4.69) is 15.3 Å². The van der Waals surface area contributed by atoms with Crippen LogP contribution >= 0.6 is 23.1 Å². The molecule has 2 heterocycles. The molecule has 6 nitrogen and oxygen atoms in total. The quantitative estimate of drug-likeness (QED) is 0.615. The lowest BCUT2D eigenvalue weighted by molar-refractivity contribution is -0.113. The van der Waals surface area contributed by atoms with E-state index in [4.69, 9.17) is 0 Å². The number of benzene rings is 1. The molecule has 124 valence electrons. The molecular formula is C14H9F2N3O3S2. The molecule has 0 aliphatic heterocycles. The maximum Gasteiger partial charge on any atom is 0.253 e. The molecule has 10 heteroatoms. The van der Waals surface area contributed by atoms with Crippen molar-refractivity contribution in [3.05, 3.63) is 46.3 Å². The van der Waals surface area contributed by atoms with E-state index in [-0.39, 0.29) is 22.8 Å². The van der Waals surface area contributed by atoms with Crippen molar-refractivity contribution < 1.29 is 18.7 Å². The van der Waals surface area contributed by atoms with E-state index in [1.54, 1.807) is 0 Å². The normalized spacial score (nSPS) is 10.9. The first kappa shape index (κ1) is 16.4. The van der Waals surface area contributed by atoms with E-state index in [0.29, 0.717) is 9.04 Å². The van der Waals surface area contributed by atoms with E-state index in [1.807, 2.05) is 0 Å². The van der Waals surface area contributed by atoms with Gasteiger partial charge < -0.3 is 15.4 Å². The molecule has 1 amide bonds. The van der Waals surface area contributed by atoms with Gasteiger partial charge in [-0.2, -0.15) is 0 Å². The minimum Gasteiger partial charge on any atom is -0.506 e. The van der Waals surface area contributed by atoms with Gasteiger partial charge in [-0.05, 0) is 12.1 Å². The molecule has 0 radical (unpaired) electrons. The van der Waals surface area contributed by atoms with Crippen molar-refractivity contribution in [2.45, 2.75) is 4.34 Å². The number of nitrogens with zero attached hydrogens (tertiary/aromatic N) is 1. The van der Waals surface area contributed by atoms with Crippen molar-refractivity contribution in [1.29, 1.82) is 0 Å². The zero-order valence-corrected chi connectivity index (χ0v) is 13.4. The number of hydrogen-bond acceptors (Lipinski definition) is 6. The van der Waals surface area contributed by atoms with E-state index < -0.39 is 23.1 Å². The first-order valence-electron chi connectivity index (χ1n) is 6.53. The molecule has 3 rings (SSSR count). The van der Waals surface area contributed by atoms with E-state index >= 15 is 0 Å². The van der Waals surface area contributed by atoms with Gasteiger partial charge in [-0.3, -0.25) is 9.59 Å². The summed E-state index contributed by atoms with van der Waals surface area (Å²) in [5.74, 6) is -2.23. The summed E-state index contributed by atoms with van der Waals surface area (Å²) in [6.07, 6.45) is 0. The third kappa shape index (κ3) is 3.54. The van der Waals surface area contributed by atoms with Crippen LogP contribution in [0.15, 0.2) is 33.4 Å². The highest BCUT2D eigenvalue weighted by molar-refractivity contribution is 8.01. The predicted molar refractivity (Wildman–Crippen MR) is 87.6 cm³/mol. The number of carbonyl (C=O) groups excluding carboxylic acids is 1. The molecular weight excluding hydrogens is 360 g/mol. The van der Waals surface area contributed by atoms with Gasteiger partial charge in [0.05, 0.1) is 11.4 Å². The Morgan fingerprint density at radius 2 is 2.17 bits per heavy atom. The minimum absolute atomic E-state index is 0.0965. The highest BCUT2D eigenvalue weighted by atomic mass is 32.2. The third-order valence-corrected chi connectivity index (χ3v) is 5.10. The molecule has 3 aromatic rings. The Kier molecular flexibility index (Phi) is 4.49. The van der Waals surface area contributed by atoms with Gasteiger partial charge in [0.15, 0.2) is 9.99 Å². The Morgan fingerprint density at radius 1 is 1.38 bits per heavy atom. The average molecular weight is 369 g/mol. The molecule has 0 aliphatic carbocycles. The van der Waals surface area contributed by atoms with Crippen LogP contribution in [0.1, 0.15) is 0 Å². The number of aromatic amines is 1. The van der Waals surface area contributed by atoms with Crippen LogP contribution in [0.4, 0.5) is 14.5 Å². The lowest BCUT2D eigenvalue weighted by Gasteiger charge is -2.05. The number of thioether (sulfide) groups is 1. The van der Waals surface area contributed by atoms with Gasteiger partial charge in [0.1, 0.15) is 22.1 Å². The molecule has 0 spiro atoms. The summed E-state index contributed by atoms with van der Waals surface area (Å²) < 4.78 is 27.3. The average Bonchev–Trinajstić information content (AvgIpc) is 2.92. The maximum absolute atomic E-state index is 13.5. The van der Waals surface area contributed by atoms with Crippen molar-refractivity contribution in [3.63, 3.8) is 0 Å². The minimum atomic E-state index is -0.739. The lowest BCUT2D eigenvalue weighted by atomic mass is 10.3. The second-order valence-corrected chi connectivity index (χ2v) is 6.86. The van der Waals surface area contributed by atoms with Gasteiger partial charge in [-0.25, -0.2) is 13.8 Å². The van der Waals surface area contributed by atoms with Crippen molar-refractivity contribution in [3.8, 4) is 5.75 Å². The SMILES string of the molecule is O=C(CSc1nc2[nH]c(=O)cc(O)c2s1)Nc1cc(F)ccc1F. The summed E-state index contributed by atoms with van der Waals surface area (Å²) in [6.45, 7) is 0. The number of halogens is 2. The second-order valence-electron chi connectivity index (χ2n) is 4.64. The van der Waals surface area contributed by atoms with Gasteiger partial charge in [-0.1, -0.05) is 11.8 Å². The molecule has 0 saturated carbocycles. The van der Waals surface area contributed by atoms with Crippen LogP contribution < -0.4 is 10.9 Å². The van der Waals surface area contributed by atoms with Gasteiger partial charge >= 0.3 is 0 Å². The monoisotopic (exact) mass is 369 g/mol. The Bertz CT molecular complexity index is 987. The second kappa shape index (κ2) is 6.57. The third-order valence-electron chi connectivity index (χ3n) is 2.88. The Hall–Kier alpha value is -2.46. The molecule has 0 bridgehead atoms. The number of thiazole rings is 1. The number of rotatable bonds is 4. The Balaban J connectivity index is 1.69. The van der Waals surface area contributed by atoms with E-state index in [1.165, 1.54) is 0 Å². The molecule has 0 fully saturated rings. The summed E-state index contributed by atoms with van der Waals surface area (Å²) in [7, 11) is 0. The number of anilines is 1. The zero-order chi connectivity index (χ0) is 17.3. The number of fused-ring (bicyclic) bond motifs is 1. The van der Waals surface area contributed by atoms with Crippen molar-refractivity contribution >= 4 is 45.0 Å². The molecule has 3 N–H and O–H groups in total. The largest absolute Gasteiger partial charge is 0.506 e. The van der Waals surface area contributed by atoms with Gasteiger partial charge in [0.25, 0.3) is 5.56 Å². The number of hydrogen-bond donors (Lipinski definition) is 3. The summed E-state index contributed by atoms with van der Waals surface area (Å²) in [6, 6.07) is 3.80. The van der Waals surface area contributed by atoms with Crippen LogP contribution in [0.5, 0.6) is 5.75 Å². The van der Waals surface area contributed by atoms with Crippen LogP contribution in [-0.4, -0.2) is 26.7 Å². The number of aromatic hydroxyl groups is 1. The van der Waals surface area contributed by atoms with E-state index in [9.17, 15) is 23.5 Å². The fourth-order valence-electron chi connectivity index (χ4n) is 1.87. The first-order valence-corrected chi connectivity index (χ1v) is 8.33. The number of H-pyrrole nitrogens is 1. The highest BCUT2D eigenvalue weighted by Crippen LogP contribution is 2.32. The number of nitrogens with one attached hydrogen (secondary N) is 2. The Morgan fingerprint density at radius 3 is 2.96 bits per heavy atom. The Labute approximate surface area is 141 Å². The van der Waals surface area contributed by atoms with Crippen LogP contribution in [0.2, 0.25) is 0 Å². The number of pyridine rings is 1. The molecule has 0 saturated heterocycles. The van der Waals surface area contributed by atoms with Crippen molar-refractivity contribution in [2.75, 3.05) is 11.1 Å². The molecule has 24 heavy (non-hydrogen) atoms. The van der Waals surface area contributed by atoms with Crippen molar-refractivity contribution in [2.24, 2.45) is 0 Å². The molecule has 0 aliphatic rings. The van der Waals surface area contributed by atoms with Gasteiger partial charge in [0, 0.05) is 12.1 Å². The number of amides is 1. The smallest absolute Gasteiger partial charge is 0.253 e. The highest BCUT2D eigenvalue weighted by Gasteiger charge is 2.13. The van der Waals surface area contributed by atoms with Gasteiger partial charge in [0.2, 0.25) is 5.91 Å². The fraction of sp³-hybridized carbons (Fsp3) is 0.0714. The standard InChI is InChI=1S/C14H9F2N3O3S2/c15-6-1-2-7(16)8(3-6)17-11(22)5-23-14-19-13-12(24-14)9(20)4-10(21)18-13/h1-4H,5H2,(H,17,22)(H2,18,20,21). The van der Waals surface area contributed by atoms with Crippen LogP contribution in [0.25, 0.3) is 10.3 Å². The fourth-order valence-corrected chi connectivity index (χ4v) is 3.68. The number of carbonyl (C=O) groups is 1. The summed E-state index contributed by atoms with van der Waals surface area (Å²) in [5.41, 5.74) is -0.503. The summed E-state index contributed by atoms with van der Waals surface area (Å²) >= 11 is 2.15. The van der Waals surface area contributed by atoms with Crippen molar-refractivity contribution in [1.82, 2.24) is 9.97 Å². The lowest BCUT2D eigenvalue weighted by Crippen LogP contribution is -2.15. The van der Waals surface area contributed by atoms with Crippen LogP contribution in [-0.2, 0) is 4.79 Å². The maximum atomic E-state index is 13.5. The molecule has 0 atom stereocenters. The summed E-state index contributed by atoms with van der Waals surface area (Å²) in [5, 5.41) is 11.9. The molecule has 2 aromatic heterocycles. The summed E-state index contributed by atoms with van der Waals surface area (Å²) in [4.78, 5) is 29.7.